The summed E-state index contributed by atoms with van der Waals surface area (Å²) in [6, 6.07) is 4.66. The quantitative estimate of drug-likeness (QED) is 0.616. The number of carbonyl (C=O) groups excluding carboxylic acids is 2. The Morgan fingerprint density at radius 1 is 1.13 bits per heavy atom. The molecule has 0 radical (unpaired) electrons. The standard InChI is InChI=1S/C20H19Cl2F3N4O2/c1-11(30)18-16(20(23,24)25)10-29(26-18)19(31)28-8-13-6-27(7-14(13)9-28)5-12-4-15(21)2-3-17(12)22/h2-4,10,13-14H,5-9H2,1H3. The van der Waals surface area contributed by atoms with Crippen molar-refractivity contribution in [1.82, 2.24) is 19.6 Å². The number of benzene rings is 1. The first-order valence-corrected chi connectivity index (χ1v) is 10.4. The highest BCUT2D eigenvalue weighted by molar-refractivity contribution is 6.33. The fourth-order valence-corrected chi connectivity index (χ4v) is 4.74. The van der Waals surface area contributed by atoms with Gasteiger partial charge in [0, 0.05) is 55.9 Å². The van der Waals surface area contributed by atoms with Crippen LogP contribution >= 0.6 is 23.2 Å². The van der Waals surface area contributed by atoms with E-state index in [-0.39, 0.29) is 11.8 Å². The number of Topliss-reactive ketones (excluding diaryl/α,β-unsaturated/α-hetero) is 1. The van der Waals surface area contributed by atoms with Crippen LogP contribution in [0, 0.1) is 11.8 Å². The molecular weight excluding hydrogens is 456 g/mol. The highest BCUT2D eigenvalue weighted by atomic mass is 35.5. The van der Waals surface area contributed by atoms with E-state index >= 15 is 0 Å². The van der Waals surface area contributed by atoms with Gasteiger partial charge in [-0.3, -0.25) is 9.69 Å². The molecule has 0 bridgehead atoms. The summed E-state index contributed by atoms with van der Waals surface area (Å²) in [5.41, 5.74) is -1.02. The summed E-state index contributed by atoms with van der Waals surface area (Å²) in [6.45, 7) is 3.94. The molecule has 3 heterocycles. The van der Waals surface area contributed by atoms with E-state index in [0.29, 0.717) is 40.6 Å². The Morgan fingerprint density at radius 2 is 1.77 bits per heavy atom. The van der Waals surface area contributed by atoms with Crippen molar-refractivity contribution in [1.29, 1.82) is 0 Å². The maximum atomic E-state index is 13.2. The van der Waals surface area contributed by atoms with Gasteiger partial charge >= 0.3 is 12.2 Å². The zero-order valence-electron chi connectivity index (χ0n) is 16.5. The fraction of sp³-hybridized carbons (Fsp3) is 0.450. The van der Waals surface area contributed by atoms with E-state index < -0.39 is 29.2 Å². The van der Waals surface area contributed by atoms with Crippen molar-refractivity contribution in [2.75, 3.05) is 26.2 Å². The number of likely N-dealkylation sites (tertiary alicyclic amines) is 2. The molecule has 2 aromatic rings. The van der Waals surface area contributed by atoms with E-state index in [1.807, 2.05) is 6.07 Å². The SMILES string of the molecule is CC(=O)c1nn(C(=O)N2CC3CN(Cc4cc(Cl)ccc4Cl)CC3C2)cc1C(F)(F)F. The molecule has 2 fully saturated rings. The average Bonchev–Trinajstić information content (AvgIpc) is 3.36. The Morgan fingerprint density at radius 3 is 2.32 bits per heavy atom. The molecule has 2 unspecified atom stereocenters. The van der Waals surface area contributed by atoms with Crippen molar-refractivity contribution in [2.45, 2.75) is 19.6 Å². The monoisotopic (exact) mass is 474 g/mol. The molecule has 0 spiro atoms. The van der Waals surface area contributed by atoms with E-state index in [1.165, 1.54) is 4.90 Å². The summed E-state index contributed by atoms with van der Waals surface area (Å²) in [5.74, 6) is -0.439. The molecule has 2 atom stereocenters. The van der Waals surface area contributed by atoms with Crippen molar-refractivity contribution in [3.63, 3.8) is 0 Å². The van der Waals surface area contributed by atoms with Gasteiger partial charge in [0.25, 0.3) is 0 Å². The lowest BCUT2D eigenvalue weighted by molar-refractivity contribution is -0.137. The Kier molecular flexibility index (Phi) is 5.78. The van der Waals surface area contributed by atoms with Crippen LogP contribution in [0.5, 0.6) is 0 Å². The van der Waals surface area contributed by atoms with Crippen LogP contribution in [-0.4, -0.2) is 57.6 Å². The third-order valence-corrected chi connectivity index (χ3v) is 6.39. The maximum absolute atomic E-state index is 13.2. The molecule has 4 rings (SSSR count). The molecule has 1 amide bonds. The van der Waals surface area contributed by atoms with Crippen molar-refractivity contribution in [3.05, 3.63) is 51.3 Å². The molecule has 1 aromatic carbocycles. The Labute approximate surface area is 186 Å². The molecule has 166 valence electrons. The van der Waals surface area contributed by atoms with Crippen LogP contribution in [0.2, 0.25) is 10.0 Å². The normalized spacial score (nSPS) is 21.5. The summed E-state index contributed by atoms with van der Waals surface area (Å²) in [6.07, 6.45) is -4.16. The minimum atomic E-state index is -4.76. The molecule has 2 saturated heterocycles. The van der Waals surface area contributed by atoms with Crippen molar-refractivity contribution < 1.29 is 22.8 Å². The first-order chi connectivity index (χ1) is 14.5. The van der Waals surface area contributed by atoms with Crippen LogP contribution in [0.1, 0.15) is 28.5 Å². The largest absolute Gasteiger partial charge is 0.420 e. The van der Waals surface area contributed by atoms with Gasteiger partial charge in [-0.05, 0) is 35.6 Å². The number of rotatable bonds is 3. The number of hydrogen-bond acceptors (Lipinski definition) is 4. The van der Waals surface area contributed by atoms with Crippen LogP contribution in [0.3, 0.4) is 0 Å². The average molecular weight is 475 g/mol. The fourth-order valence-electron chi connectivity index (χ4n) is 4.37. The van der Waals surface area contributed by atoms with E-state index in [1.54, 1.807) is 12.1 Å². The predicted octanol–water partition coefficient (Wildman–Crippen LogP) is 4.44. The summed E-state index contributed by atoms with van der Waals surface area (Å²) in [5, 5.41) is 4.87. The molecular formula is C20H19Cl2F3N4O2. The van der Waals surface area contributed by atoms with Gasteiger partial charge in [0.15, 0.2) is 5.78 Å². The van der Waals surface area contributed by atoms with Gasteiger partial charge in [-0.15, -0.1) is 0 Å². The third kappa shape index (κ3) is 4.44. The molecule has 2 aliphatic rings. The first kappa shape index (κ1) is 22.1. The van der Waals surface area contributed by atoms with Crippen LogP contribution in [0.15, 0.2) is 24.4 Å². The number of hydrogen-bond donors (Lipinski definition) is 0. The summed E-state index contributed by atoms with van der Waals surface area (Å²) >= 11 is 12.3. The van der Waals surface area contributed by atoms with E-state index in [0.717, 1.165) is 25.6 Å². The Bertz CT molecular complexity index is 1030. The van der Waals surface area contributed by atoms with Gasteiger partial charge in [-0.1, -0.05) is 23.2 Å². The molecule has 0 N–H and O–H groups in total. The molecule has 2 aliphatic heterocycles. The number of aromatic nitrogens is 2. The van der Waals surface area contributed by atoms with Crippen molar-refractivity contribution in [2.24, 2.45) is 11.8 Å². The maximum Gasteiger partial charge on any atom is 0.420 e. The second kappa shape index (κ2) is 8.11. The molecule has 1 aromatic heterocycles. The first-order valence-electron chi connectivity index (χ1n) is 9.66. The predicted molar refractivity (Wildman–Crippen MR) is 108 cm³/mol. The molecule has 31 heavy (non-hydrogen) atoms. The second-order valence-electron chi connectivity index (χ2n) is 8.03. The number of ketones is 1. The Balaban J connectivity index is 1.42. The van der Waals surface area contributed by atoms with Gasteiger partial charge in [-0.25, -0.2) is 4.79 Å². The molecule has 0 saturated carbocycles. The lowest BCUT2D eigenvalue weighted by Gasteiger charge is -2.22. The van der Waals surface area contributed by atoms with Crippen LogP contribution in [-0.2, 0) is 12.7 Å². The minimum Gasteiger partial charge on any atom is -0.322 e. The summed E-state index contributed by atoms with van der Waals surface area (Å²) in [4.78, 5) is 28.0. The number of amides is 1. The van der Waals surface area contributed by atoms with Gasteiger partial charge in [-0.2, -0.15) is 23.0 Å². The van der Waals surface area contributed by atoms with Gasteiger partial charge in [0.1, 0.15) is 11.3 Å². The highest BCUT2D eigenvalue weighted by Gasteiger charge is 2.43. The topological polar surface area (TPSA) is 58.4 Å². The number of alkyl halides is 3. The lowest BCUT2D eigenvalue weighted by atomic mass is 10.0. The Hall–Kier alpha value is -2.10. The van der Waals surface area contributed by atoms with Crippen LogP contribution in [0.25, 0.3) is 0 Å². The van der Waals surface area contributed by atoms with Crippen LogP contribution in [0.4, 0.5) is 18.0 Å². The second-order valence-corrected chi connectivity index (χ2v) is 8.87. The summed E-state index contributed by atoms with van der Waals surface area (Å²) in [7, 11) is 0. The van der Waals surface area contributed by atoms with Gasteiger partial charge in [0.2, 0.25) is 0 Å². The lowest BCUT2D eigenvalue weighted by Crippen LogP contribution is -2.36. The number of carbonyl (C=O) groups is 2. The van der Waals surface area contributed by atoms with Gasteiger partial charge < -0.3 is 4.90 Å². The number of fused-ring (bicyclic) bond motifs is 1. The molecule has 6 nitrogen and oxygen atoms in total. The van der Waals surface area contributed by atoms with E-state index in [2.05, 4.69) is 10.00 Å². The number of nitrogens with zero attached hydrogens (tertiary/aromatic N) is 4. The highest BCUT2D eigenvalue weighted by Crippen LogP contribution is 2.35. The number of halogens is 5. The summed E-state index contributed by atoms with van der Waals surface area (Å²) < 4.78 is 40.1. The molecule has 0 aliphatic carbocycles. The smallest absolute Gasteiger partial charge is 0.322 e. The molecule has 11 heteroatoms. The minimum absolute atomic E-state index is 0.201. The van der Waals surface area contributed by atoms with Crippen molar-refractivity contribution >= 4 is 35.0 Å². The third-order valence-electron chi connectivity index (χ3n) is 5.78. The van der Waals surface area contributed by atoms with Crippen LogP contribution < -0.4 is 0 Å². The van der Waals surface area contributed by atoms with E-state index in [4.69, 9.17) is 23.2 Å². The van der Waals surface area contributed by atoms with E-state index in [9.17, 15) is 22.8 Å². The van der Waals surface area contributed by atoms with Crippen molar-refractivity contribution in [3.8, 4) is 0 Å². The van der Waals surface area contributed by atoms with Gasteiger partial charge in [0.05, 0.1) is 0 Å². The zero-order valence-corrected chi connectivity index (χ0v) is 18.0. The zero-order chi connectivity index (χ0) is 22.5.